The van der Waals surface area contributed by atoms with Gasteiger partial charge in [0.2, 0.25) is 0 Å². The highest BCUT2D eigenvalue weighted by atomic mass is 16.3. The molecule has 2 aliphatic carbocycles. The Balaban J connectivity index is 1.63. The van der Waals surface area contributed by atoms with Crippen molar-refractivity contribution in [1.82, 2.24) is 0 Å². The van der Waals surface area contributed by atoms with Crippen molar-refractivity contribution >= 4 is 0 Å². The monoisotopic (exact) mass is 278 g/mol. The van der Waals surface area contributed by atoms with E-state index in [9.17, 15) is 5.11 Å². The molecule has 0 aromatic carbocycles. The highest BCUT2D eigenvalue weighted by Crippen LogP contribution is 2.45. The maximum Gasteiger partial charge on any atom is 0.0693 e. The molecule has 1 nitrogen and oxygen atoms in total. The molecule has 20 heavy (non-hydrogen) atoms. The first-order valence-corrected chi connectivity index (χ1v) is 8.84. The van der Waals surface area contributed by atoms with Crippen LogP contribution in [0.1, 0.15) is 72.6 Å². The Bertz CT molecular complexity index is 321. The van der Waals surface area contributed by atoms with Crippen LogP contribution in [0.4, 0.5) is 0 Å². The summed E-state index contributed by atoms with van der Waals surface area (Å²) in [6.45, 7) is 8.62. The lowest BCUT2D eigenvalue weighted by atomic mass is 9.76. The first kappa shape index (κ1) is 16.1. The quantitative estimate of drug-likeness (QED) is 0.478. The van der Waals surface area contributed by atoms with E-state index in [0.29, 0.717) is 11.8 Å². The van der Waals surface area contributed by atoms with Gasteiger partial charge in [-0.2, -0.15) is 0 Å². The second kappa shape index (κ2) is 6.64. The van der Waals surface area contributed by atoms with E-state index in [4.69, 9.17) is 0 Å². The van der Waals surface area contributed by atoms with Crippen LogP contribution < -0.4 is 0 Å². The number of aliphatic hydroxyl groups is 1. The summed E-state index contributed by atoms with van der Waals surface area (Å²) in [5, 5.41) is 10.8. The van der Waals surface area contributed by atoms with Crippen LogP contribution in [0.5, 0.6) is 0 Å². The van der Waals surface area contributed by atoms with E-state index in [1.807, 2.05) is 0 Å². The summed E-state index contributed by atoms with van der Waals surface area (Å²) in [6, 6.07) is 0. The van der Waals surface area contributed by atoms with Gasteiger partial charge in [-0.05, 0) is 55.3 Å². The highest BCUT2D eigenvalue weighted by molar-refractivity contribution is 5.09. The maximum absolute atomic E-state index is 10.8. The SMILES string of the molecule is CC(C)C(O)(CCCCCC1CC2C=CC1C2)C(C)C. The van der Waals surface area contributed by atoms with Gasteiger partial charge in [0.05, 0.1) is 5.60 Å². The van der Waals surface area contributed by atoms with E-state index in [1.54, 1.807) is 0 Å². The molecule has 116 valence electrons. The van der Waals surface area contributed by atoms with Crippen molar-refractivity contribution in [2.24, 2.45) is 29.6 Å². The zero-order valence-corrected chi connectivity index (χ0v) is 13.9. The fraction of sp³-hybridized carbons (Fsp3) is 0.895. The lowest BCUT2D eigenvalue weighted by Gasteiger charge is -2.36. The molecule has 1 heteroatoms. The summed E-state index contributed by atoms with van der Waals surface area (Å²) < 4.78 is 0. The number of allylic oxidation sites excluding steroid dienone is 2. The van der Waals surface area contributed by atoms with E-state index in [-0.39, 0.29) is 0 Å². The van der Waals surface area contributed by atoms with Gasteiger partial charge in [0.25, 0.3) is 0 Å². The van der Waals surface area contributed by atoms with Crippen molar-refractivity contribution in [3.05, 3.63) is 12.2 Å². The molecule has 3 unspecified atom stereocenters. The zero-order chi connectivity index (χ0) is 14.8. The number of unbranched alkanes of at least 4 members (excludes halogenated alkanes) is 2. The van der Waals surface area contributed by atoms with Gasteiger partial charge in [-0.3, -0.25) is 0 Å². The van der Waals surface area contributed by atoms with Crippen LogP contribution in [0.25, 0.3) is 0 Å². The Morgan fingerprint density at radius 2 is 1.70 bits per heavy atom. The average Bonchev–Trinajstić information content (AvgIpc) is 2.99. The molecular weight excluding hydrogens is 244 g/mol. The minimum atomic E-state index is -0.463. The molecule has 2 bridgehead atoms. The van der Waals surface area contributed by atoms with Crippen LogP contribution in [-0.2, 0) is 0 Å². The molecule has 1 fully saturated rings. The number of fused-ring (bicyclic) bond motifs is 2. The zero-order valence-electron chi connectivity index (χ0n) is 13.9. The summed E-state index contributed by atoms with van der Waals surface area (Å²) in [7, 11) is 0. The van der Waals surface area contributed by atoms with Gasteiger partial charge < -0.3 is 5.11 Å². The Labute approximate surface area is 125 Å². The molecule has 2 aliphatic rings. The Morgan fingerprint density at radius 3 is 2.20 bits per heavy atom. The molecule has 0 aromatic heterocycles. The van der Waals surface area contributed by atoms with Crippen LogP contribution in [0.3, 0.4) is 0 Å². The van der Waals surface area contributed by atoms with Gasteiger partial charge >= 0.3 is 0 Å². The standard InChI is InChI=1S/C19H34O/c1-14(2)19(20,15(3)4)11-7-5-6-8-17-12-16-9-10-18(17)13-16/h9-10,14-18,20H,5-8,11-13H2,1-4H3. The molecular formula is C19H34O. The Morgan fingerprint density at radius 1 is 1.00 bits per heavy atom. The molecule has 0 aliphatic heterocycles. The van der Waals surface area contributed by atoms with Crippen LogP contribution in [0.2, 0.25) is 0 Å². The van der Waals surface area contributed by atoms with Crippen molar-refractivity contribution in [1.29, 1.82) is 0 Å². The van der Waals surface area contributed by atoms with Gasteiger partial charge in [0.1, 0.15) is 0 Å². The fourth-order valence-electron chi connectivity index (χ4n) is 4.46. The van der Waals surface area contributed by atoms with Gasteiger partial charge in [-0.15, -0.1) is 0 Å². The van der Waals surface area contributed by atoms with E-state index in [2.05, 4.69) is 39.8 Å². The average molecular weight is 278 g/mol. The first-order valence-electron chi connectivity index (χ1n) is 8.84. The third kappa shape index (κ3) is 3.47. The fourth-order valence-corrected chi connectivity index (χ4v) is 4.46. The normalized spacial score (nSPS) is 29.1. The second-order valence-electron chi connectivity index (χ2n) is 7.94. The van der Waals surface area contributed by atoms with Gasteiger partial charge in [-0.25, -0.2) is 0 Å². The van der Waals surface area contributed by atoms with Crippen molar-refractivity contribution < 1.29 is 5.11 Å². The summed E-state index contributed by atoms with van der Waals surface area (Å²) in [5.74, 6) is 3.51. The predicted molar refractivity (Wildman–Crippen MR) is 86.6 cm³/mol. The molecule has 1 N–H and O–H groups in total. The Hall–Kier alpha value is -0.300. The topological polar surface area (TPSA) is 20.2 Å². The summed E-state index contributed by atoms with van der Waals surface area (Å²) in [4.78, 5) is 0. The third-order valence-corrected chi connectivity index (χ3v) is 6.07. The van der Waals surface area contributed by atoms with Crippen LogP contribution >= 0.6 is 0 Å². The smallest absolute Gasteiger partial charge is 0.0693 e. The number of rotatable bonds is 8. The van der Waals surface area contributed by atoms with E-state index in [1.165, 1.54) is 38.5 Å². The molecule has 0 saturated heterocycles. The summed E-state index contributed by atoms with van der Waals surface area (Å²) >= 11 is 0. The lowest BCUT2D eigenvalue weighted by Crippen LogP contribution is -2.40. The van der Waals surface area contributed by atoms with Crippen LogP contribution in [0, 0.1) is 29.6 Å². The summed E-state index contributed by atoms with van der Waals surface area (Å²) in [6.07, 6.45) is 14.0. The molecule has 2 rings (SSSR count). The van der Waals surface area contributed by atoms with Crippen LogP contribution in [0.15, 0.2) is 12.2 Å². The predicted octanol–water partition coefficient (Wildman–Crippen LogP) is 5.19. The van der Waals surface area contributed by atoms with Gasteiger partial charge in [-0.1, -0.05) is 59.1 Å². The minimum absolute atomic E-state index is 0.359. The molecule has 0 aromatic rings. The molecule has 0 heterocycles. The van der Waals surface area contributed by atoms with Gasteiger partial charge in [0, 0.05) is 0 Å². The molecule has 3 atom stereocenters. The highest BCUT2D eigenvalue weighted by Gasteiger charge is 2.35. The lowest BCUT2D eigenvalue weighted by molar-refractivity contribution is -0.0556. The maximum atomic E-state index is 10.8. The molecule has 0 spiro atoms. The van der Waals surface area contributed by atoms with Crippen molar-refractivity contribution in [3.63, 3.8) is 0 Å². The second-order valence-corrected chi connectivity index (χ2v) is 7.94. The molecule has 0 amide bonds. The van der Waals surface area contributed by atoms with E-state index >= 15 is 0 Å². The van der Waals surface area contributed by atoms with Crippen molar-refractivity contribution in [3.8, 4) is 0 Å². The Kier molecular flexibility index (Phi) is 5.34. The van der Waals surface area contributed by atoms with Crippen LogP contribution in [-0.4, -0.2) is 10.7 Å². The number of hydrogen-bond acceptors (Lipinski definition) is 1. The molecule has 1 saturated carbocycles. The number of hydrogen-bond donors (Lipinski definition) is 1. The van der Waals surface area contributed by atoms with Gasteiger partial charge in [0.15, 0.2) is 0 Å². The largest absolute Gasteiger partial charge is 0.389 e. The molecule has 0 radical (unpaired) electrons. The van der Waals surface area contributed by atoms with E-state index < -0.39 is 5.60 Å². The minimum Gasteiger partial charge on any atom is -0.389 e. The van der Waals surface area contributed by atoms with Crippen molar-refractivity contribution in [2.75, 3.05) is 0 Å². The van der Waals surface area contributed by atoms with E-state index in [0.717, 1.165) is 24.2 Å². The van der Waals surface area contributed by atoms with Crippen molar-refractivity contribution in [2.45, 2.75) is 78.2 Å². The third-order valence-electron chi connectivity index (χ3n) is 6.07. The first-order chi connectivity index (χ1) is 9.43. The summed E-state index contributed by atoms with van der Waals surface area (Å²) in [5.41, 5.74) is -0.463.